The van der Waals surface area contributed by atoms with Crippen molar-refractivity contribution in [3.8, 4) is 0 Å². The normalized spacial score (nSPS) is 11.3. The number of carbonyl (C=O) groups is 1. The van der Waals surface area contributed by atoms with Crippen molar-refractivity contribution in [2.24, 2.45) is 0 Å². The molecule has 1 aromatic carbocycles. The summed E-state index contributed by atoms with van der Waals surface area (Å²) in [5.41, 5.74) is 0.247. The molecule has 0 fully saturated rings. The van der Waals surface area contributed by atoms with Gasteiger partial charge in [0.05, 0.1) is 0 Å². The molecular weight excluding hydrogens is 228 g/mol. The molecule has 0 saturated carbocycles. The first kappa shape index (κ1) is 13.3. The van der Waals surface area contributed by atoms with Gasteiger partial charge in [-0.1, -0.05) is 6.08 Å². The second kappa shape index (κ2) is 6.10. The molecule has 0 atom stereocenters. The number of carboxylic acids is 1. The maximum Gasteiger partial charge on any atom is 0.328 e. The molecule has 0 unspecified atom stereocenters. The molecule has 0 radical (unpaired) electrons. The predicted molar refractivity (Wildman–Crippen MR) is 59.5 cm³/mol. The van der Waals surface area contributed by atoms with Crippen LogP contribution >= 0.6 is 0 Å². The summed E-state index contributed by atoms with van der Waals surface area (Å²) in [6.45, 7) is 0.565. The monoisotopic (exact) mass is 241 g/mol. The van der Waals surface area contributed by atoms with Gasteiger partial charge in [-0.05, 0) is 25.2 Å². The second-order valence-corrected chi connectivity index (χ2v) is 3.67. The first-order valence-corrected chi connectivity index (χ1v) is 5.01. The fraction of sp³-hybridized carbons (Fsp3) is 0.250. The maximum atomic E-state index is 13.3. The Morgan fingerprint density at radius 2 is 2.18 bits per heavy atom. The van der Waals surface area contributed by atoms with Gasteiger partial charge >= 0.3 is 5.97 Å². The van der Waals surface area contributed by atoms with Crippen molar-refractivity contribution in [3.05, 3.63) is 47.5 Å². The van der Waals surface area contributed by atoms with Crippen LogP contribution in [0.15, 0.2) is 30.4 Å². The van der Waals surface area contributed by atoms with Crippen molar-refractivity contribution in [1.29, 1.82) is 0 Å². The molecule has 0 aromatic heterocycles. The van der Waals surface area contributed by atoms with Crippen molar-refractivity contribution < 1.29 is 18.7 Å². The van der Waals surface area contributed by atoms with Crippen LogP contribution in [-0.4, -0.2) is 29.6 Å². The molecule has 17 heavy (non-hydrogen) atoms. The number of rotatable bonds is 5. The van der Waals surface area contributed by atoms with E-state index in [2.05, 4.69) is 0 Å². The number of likely N-dealkylation sites (N-methyl/N-ethyl adjacent to an activating group) is 1. The van der Waals surface area contributed by atoms with Crippen LogP contribution in [0.4, 0.5) is 8.78 Å². The summed E-state index contributed by atoms with van der Waals surface area (Å²) in [6, 6.07) is 3.27. The van der Waals surface area contributed by atoms with E-state index < -0.39 is 17.6 Å². The highest BCUT2D eigenvalue weighted by Gasteiger charge is 2.06. The zero-order valence-electron chi connectivity index (χ0n) is 9.36. The fourth-order valence-corrected chi connectivity index (χ4v) is 1.35. The summed E-state index contributed by atoms with van der Waals surface area (Å²) in [4.78, 5) is 11.9. The summed E-state index contributed by atoms with van der Waals surface area (Å²) in [5.74, 6) is -1.99. The van der Waals surface area contributed by atoms with E-state index >= 15 is 0 Å². The minimum absolute atomic E-state index is 0.216. The van der Waals surface area contributed by atoms with Gasteiger partial charge in [0, 0.05) is 24.7 Å². The lowest BCUT2D eigenvalue weighted by atomic mass is 10.2. The molecule has 0 aliphatic heterocycles. The van der Waals surface area contributed by atoms with E-state index in [0.717, 1.165) is 24.3 Å². The van der Waals surface area contributed by atoms with Gasteiger partial charge in [0.15, 0.2) is 0 Å². The average Bonchev–Trinajstić information content (AvgIpc) is 2.23. The van der Waals surface area contributed by atoms with Gasteiger partial charge in [0.25, 0.3) is 0 Å². The first-order chi connectivity index (χ1) is 7.99. The molecule has 0 amide bonds. The lowest BCUT2D eigenvalue weighted by molar-refractivity contribution is -0.131. The molecule has 3 nitrogen and oxygen atoms in total. The third-order valence-electron chi connectivity index (χ3n) is 2.13. The Balaban J connectivity index is 2.58. The van der Waals surface area contributed by atoms with Gasteiger partial charge in [0.1, 0.15) is 11.6 Å². The van der Waals surface area contributed by atoms with Crippen molar-refractivity contribution in [2.45, 2.75) is 6.54 Å². The van der Waals surface area contributed by atoms with Crippen LogP contribution in [0.2, 0.25) is 0 Å². The van der Waals surface area contributed by atoms with E-state index in [9.17, 15) is 13.6 Å². The van der Waals surface area contributed by atoms with E-state index in [-0.39, 0.29) is 12.1 Å². The van der Waals surface area contributed by atoms with Crippen molar-refractivity contribution in [3.63, 3.8) is 0 Å². The van der Waals surface area contributed by atoms with Gasteiger partial charge < -0.3 is 5.11 Å². The van der Waals surface area contributed by atoms with Crippen LogP contribution in [0.1, 0.15) is 5.56 Å². The van der Waals surface area contributed by atoms with Gasteiger partial charge in [-0.3, -0.25) is 4.90 Å². The number of nitrogens with zero attached hydrogens (tertiary/aromatic N) is 1. The van der Waals surface area contributed by atoms with Crippen molar-refractivity contribution in [1.82, 2.24) is 4.90 Å². The molecule has 0 spiro atoms. The number of aliphatic carboxylic acids is 1. The van der Waals surface area contributed by atoms with Crippen molar-refractivity contribution in [2.75, 3.05) is 13.6 Å². The van der Waals surface area contributed by atoms with E-state index in [1.54, 1.807) is 11.9 Å². The third-order valence-corrected chi connectivity index (χ3v) is 2.13. The Morgan fingerprint density at radius 1 is 1.47 bits per heavy atom. The SMILES string of the molecule is CN(C/C=C/C(=O)O)Cc1cc(F)ccc1F. The fourth-order valence-electron chi connectivity index (χ4n) is 1.35. The Hall–Kier alpha value is -1.75. The molecule has 1 N–H and O–H groups in total. The lowest BCUT2D eigenvalue weighted by Crippen LogP contribution is -2.18. The van der Waals surface area contributed by atoms with Crippen LogP contribution in [0, 0.1) is 11.6 Å². The smallest absolute Gasteiger partial charge is 0.328 e. The molecule has 0 aliphatic carbocycles. The number of benzene rings is 1. The minimum Gasteiger partial charge on any atom is -0.478 e. The van der Waals surface area contributed by atoms with Crippen LogP contribution < -0.4 is 0 Å². The molecule has 0 bridgehead atoms. The first-order valence-electron chi connectivity index (χ1n) is 5.01. The van der Waals surface area contributed by atoms with E-state index in [4.69, 9.17) is 5.11 Å². The summed E-state index contributed by atoms with van der Waals surface area (Å²) in [5, 5.41) is 8.38. The van der Waals surface area contributed by atoms with Crippen LogP contribution in [0.5, 0.6) is 0 Å². The lowest BCUT2D eigenvalue weighted by Gasteiger charge is -2.14. The largest absolute Gasteiger partial charge is 0.478 e. The van der Waals surface area contributed by atoms with E-state index in [1.807, 2.05) is 0 Å². The number of hydrogen-bond acceptors (Lipinski definition) is 2. The average molecular weight is 241 g/mol. The van der Waals surface area contributed by atoms with Gasteiger partial charge in [-0.2, -0.15) is 0 Å². The van der Waals surface area contributed by atoms with Crippen LogP contribution in [0.25, 0.3) is 0 Å². The highest BCUT2D eigenvalue weighted by molar-refractivity contribution is 5.79. The summed E-state index contributed by atoms with van der Waals surface area (Å²) >= 11 is 0. The zero-order chi connectivity index (χ0) is 12.8. The van der Waals surface area contributed by atoms with Gasteiger partial charge in [-0.15, -0.1) is 0 Å². The Kier molecular flexibility index (Phi) is 4.78. The molecule has 0 heterocycles. The topological polar surface area (TPSA) is 40.5 Å². The molecule has 0 saturated heterocycles. The predicted octanol–water partition coefficient (Wildman–Crippen LogP) is 2.04. The maximum absolute atomic E-state index is 13.3. The standard InChI is InChI=1S/C12H13F2NO2/c1-15(6-2-3-12(16)17)8-9-7-10(13)4-5-11(9)14/h2-5,7H,6,8H2,1H3,(H,16,17)/b3-2+. The zero-order valence-corrected chi connectivity index (χ0v) is 9.36. The van der Waals surface area contributed by atoms with E-state index in [1.165, 1.54) is 6.08 Å². The highest BCUT2D eigenvalue weighted by atomic mass is 19.1. The van der Waals surface area contributed by atoms with E-state index in [0.29, 0.717) is 6.54 Å². The summed E-state index contributed by atoms with van der Waals surface area (Å²) in [6.07, 6.45) is 2.46. The number of hydrogen-bond donors (Lipinski definition) is 1. The molecule has 1 rings (SSSR count). The quantitative estimate of drug-likeness (QED) is 0.802. The highest BCUT2D eigenvalue weighted by Crippen LogP contribution is 2.11. The summed E-state index contributed by atoms with van der Waals surface area (Å²) in [7, 11) is 1.69. The minimum atomic E-state index is -1.03. The summed E-state index contributed by atoms with van der Waals surface area (Å²) < 4.78 is 26.2. The van der Waals surface area contributed by atoms with Gasteiger partial charge in [-0.25, -0.2) is 13.6 Å². The number of carboxylic acid groups (broad SMARTS) is 1. The van der Waals surface area contributed by atoms with Crippen molar-refractivity contribution >= 4 is 5.97 Å². The van der Waals surface area contributed by atoms with Gasteiger partial charge in [0.2, 0.25) is 0 Å². The molecule has 92 valence electrons. The molecule has 5 heteroatoms. The molecular formula is C12H13F2NO2. The second-order valence-electron chi connectivity index (χ2n) is 3.67. The Labute approximate surface area is 98.0 Å². The molecule has 1 aromatic rings. The van der Waals surface area contributed by atoms with Crippen LogP contribution in [-0.2, 0) is 11.3 Å². The third kappa shape index (κ3) is 4.74. The Morgan fingerprint density at radius 3 is 2.82 bits per heavy atom. The number of halogens is 2. The van der Waals surface area contributed by atoms with Crippen LogP contribution in [0.3, 0.4) is 0 Å². The Bertz CT molecular complexity index is 433. The molecule has 0 aliphatic rings.